The minimum absolute atomic E-state index is 0.00201. The fourth-order valence-corrected chi connectivity index (χ4v) is 5.81. The number of hydrogen-bond donors (Lipinski definition) is 0. The van der Waals surface area contributed by atoms with Gasteiger partial charge in [0.15, 0.2) is 16.4 Å². The maximum atomic E-state index is 13.2. The number of carbonyl (C=O) groups excluding carboxylic acids is 1. The summed E-state index contributed by atoms with van der Waals surface area (Å²) in [5.74, 6) is 0.460. The van der Waals surface area contributed by atoms with Crippen molar-refractivity contribution < 1.29 is 17.9 Å². The topological polar surface area (TPSA) is 63.7 Å². The average Bonchev–Trinajstić information content (AvgIpc) is 3.07. The third-order valence-electron chi connectivity index (χ3n) is 5.91. The van der Waals surface area contributed by atoms with Crippen molar-refractivity contribution in [3.8, 4) is 5.75 Å². The molecule has 0 saturated carbocycles. The molecule has 2 aromatic rings. The van der Waals surface area contributed by atoms with Crippen molar-refractivity contribution in [1.29, 1.82) is 0 Å². The molecule has 1 fully saturated rings. The molecule has 0 aromatic heterocycles. The number of rotatable bonds is 6. The molecule has 1 heterocycles. The monoisotopic (exact) mass is 477 g/mol. The van der Waals surface area contributed by atoms with E-state index in [0.29, 0.717) is 23.7 Å². The first kappa shape index (κ1) is 24.6. The van der Waals surface area contributed by atoms with Crippen molar-refractivity contribution in [2.45, 2.75) is 59.0 Å². The Bertz CT molecular complexity index is 1060. The van der Waals surface area contributed by atoms with Gasteiger partial charge in [0.25, 0.3) is 5.91 Å². The zero-order valence-corrected chi connectivity index (χ0v) is 21.0. The molecule has 0 bridgehead atoms. The average molecular weight is 478 g/mol. The van der Waals surface area contributed by atoms with Gasteiger partial charge in [-0.2, -0.15) is 0 Å². The first-order chi connectivity index (χ1) is 14.9. The number of ether oxygens (including phenoxy) is 1. The van der Waals surface area contributed by atoms with E-state index in [2.05, 4.69) is 32.9 Å². The van der Waals surface area contributed by atoms with Crippen molar-refractivity contribution in [3.63, 3.8) is 0 Å². The van der Waals surface area contributed by atoms with Gasteiger partial charge in [-0.15, -0.1) is 0 Å². The van der Waals surface area contributed by atoms with Gasteiger partial charge < -0.3 is 9.64 Å². The highest BCUT2D eigenvalue weighted by molar-refractivity contribution is 7.91. The van der Waals surface area contributed by atoms with E-state index in [0.717, 1.165) is 16.7 Å². The summed E-state index contributed by atoms with van der Waals surface area (Å²) in [6.07, 6.45) is 0.452. The van der Waals surface area contributed by atoms with Gasteiger partial charge in [-0.3, -0.25) is 4.79 Å². The van der Waals surface area contributed by atoms with E-state index in [9.17, 15) is 13.2 Å². The number of aryl methyl sites for hydroxylation is 2. The molecule has 1 amide bonds. The molecule has 3 rings (SSSR count). The van der Waals surface area contributed by atoms with Crippen LogP contribution in [0.25, 0.3) is 0 Å². The quantitative estimate of drug-likeness (QED) is 0.596. The van der Waals surface area contributed by atoms with Crippen molar-refractivity contribution in [3.05, 3.63) is 63.7 Å². The highest BCUT2D eigenvalue weighted by Crippen LogP contribution is 2.27. The molecule has 0 unspecified atom stereocenters. The molecule has 0 spiro atoms. The third kappa shape index (κ3) is 6.04. The highest BCUT2D eigenvalue weighted by Gasteiger charge is 2.35. The third-order valence-corrected chi connectivity index (χ3v) is 8.26. The number of halogens is 1. The maximum absolute atomic E-state index is 13.2. The lowest BCUT2D eigenvalue weighted by atomic mass is 9.86. The van der Waals surface area contributed by atoms with Crippen LogP contribution in [0.5, 0.6) is 5.75 Å². The summed E-state index contributed by atoms with van der Waals surface area (Å²) in [5, 5.41) is 0.681. The standard InChI is InChI=1S/C25H32ClNO4S/c1-17-12-22(13-18(2)24(17)26)31-15-23(28)27(21-10-11-32(29,30)16-21)14-19-6-8-20(9-7-19)25(3,4)5/h6-9,12-13,21H,10-11,14-16H2,1-5H3/t21-/m1/s1. The summed E-state index contributed by atoms with van der Waals surface area (Å²) in [6.45, 7) is 10.4. The second-order valence-electron chi connectivity index (χ2n) is 9.69. The molecular weight excluding hydrogens is 446 g/mol. The Morgan fingerprint density at radius 2 is 1.72 bits per heavy atom. The summed E-state index contributed by atoms with van der Waals surface area (Å²) in [6, 6.07) is 11.4. The van der Waals surface area contributed by atoms with Gasteiger partial charge in [0, 0.05) is 17.6 Å². The van der Waals surface area contributed by atoms with Crippen LogP contribution in [0.15, 0.2) is 36.4 Å². The van der Waals surface area contributed by atoms with Gasteiger partial charge in [-0.05, 0) is 60.1 Å². The first-order valence-corrected chi connectivity index (χ1v) is 13.0. The summed E-state index contributed by atoms with van der Waals surface area (Å²) in [5.41, 5.74) is 3.97. The van der Waals surface area contributed by atoms with Crippen LogP contribution >= 0.6 is 11.6 Å². The Balaban J connectivity index is 1.77. The minimum atomic E-state index is -3.12. The van der Waals surface area contributed by atoms with Gasteiger partial charge in [-0.1, -0.05) is 56.6 Å². The summed E-state index contributed by atoms with van der Waals surface area (Å²) in [7, 11) is -3.12. The van der Waals surface area contributed by atoms with E-state index in [1.54, 1.807) is 17.0 Å². The Labute approximate surface area is 196 Å². The fraction of sp³-hybridized carbons (Fsp3) is 0.480. The zero-order valence-electron chi connectivity index (χ0n) is 19.4. The Hall–Kier alpha value is -2.05. The smallest absolute Gasteiger partial charge is 0.261 e. The van der Waals surface area contributed by atoms with Crippen LogP contribution in [-0.2, 0) is 26.6 Å². The van der Waals surface area contributed by atoms with Crippen LogP contribution in [0, 0.1) is 13.8 Å². The molecule has 174 valence electrons. The van der Waals surface area contributed by atoms with Gasteiger partial charge in [0.05, 0.1) is 11.5 Å². The van der Waals surface area contributed by atoms with Crippen molar-refractivity contribution in [2.75, 3.05) is 18.1 Å². The predicted octanol–water partition coefficient (Wildman–Crippen LogP) is 4.85. The largest absolute Gasteiger partial charge is 0.484 e. The molecule has 1 atom stereocenters. The van der Waals surface area contributed by atoms with Crippen molar-refractivity contribution in [1.82, 2.24) is 4.90 Å². The van der Waals surface area contributed by atoms with E-state index in [-0.39, 0.29) is 35.5 Å². The normalized spacial score (nSPS) is 17.9. The first-order valence-electron chi connectivity index (χ1n) is 10.8. The van der Waals surface area contributed by atoms with Crippen LogP contribution in [0.2, 0.25) is 5.02 Å². The Kier molecular flexibility index (Phi) is 7.25. The van der Waals surface area contributed by atoms with Gasteiger partial charge in [-0.25, -0.2) is 8.42 Å². The predicted molar refractivity (Wildman–Crippen MR) is 129 cm³/mol. The van der Waals surface area contributed by atoms with E-state index < -0.39 is 9.84 Å². The molecule has 32 heavy (non-hydrogen) atoms. The number of amides is 1. The van der Waals surface area contributed by atoms with Gasteiger partial charge >= 0.3 is 0 Å². The second-order valence-corrected chi connectivity index (χ2v) is 12.3. The number of nitrogens with zero attached hydrogens (tertiary/aromatic N) is 1. The fourth-order valence-electron chi connectivity index (χ4n) is 3.97. The molecule has 0 radical (unpaired) electrons. The van der Waals surface area contributed by atoms with E-state index in [1.807, 2.05) is 26.0 Å². The van der Waals surface area contributed by atoms with Crippen LogP contribution < -0.4 is 4.74 Å². The summed E-state index contributed by atoms with van der Waals surface area (Å²) in [4.78, 5) is 14.8. The molecule has 1 aliphatic heterocycles. The lowest BCUT2D eigenvalue weighted by Gasteiger charge is -2.29. The number of carbonyl (C=O) groups is 1. The van der Waals surface area contributed by atoms with Crippen LogP contribution in [0.4, 0.5) is 0 Å². The highest BCUT2D eigenvalue weighted by atomic mass is 35.5. The molecule has 5 nitrogen and oxygen atoms in total. The SMILES string of the molecule is Cc1cc(OCC(=O)N(Cc2ccc(C(C)(C)C)cc2)[C@@H]2CCS(=O)(=O)C2)cc(C)c1Cl. The van der Waals surface area contributed by atoms with Crippen LogP contribution in [0.1, 0.15) is 49.4 Å². The Morgan fingerprint density at radius 1 is 1.12 bits per heavy atom. The van der Waals surface area contributed by atoms with Crippen molar-refractivity contribution in [2.24, 2.45) is 0 Å². The minimum Gasteiger partial charge on any atom is -0.484 e. The molecule has 0 N–H and O–H groups in total. The number of benzene rings is 2. The van der Waals surface area contributed by atoms with Gasteiger partial charge in [0.2, 0.25) is 0 Å². The molecule has 0 aliphatic carbocycles. The van der Waals surface area contributed by atoms with Crippen LogP contribution in [-0.4, -0.2) is 43.4 Å². The van der Waals surface area contributed by atoms with E-state index in [1.165, 1.54) is 5.56 Å². The summed E-state index contributed by atoms with van der Waals surface area (Å²) >= 11 is 6.22. The van der Waals surface area contributed by atoms with Crippen LogP contribution in [0.3, 0.4) is 0 Å². The Morgan fingerprint density at radius 3 is 2.22 bits per heavy atom. The zero-order chi connectivity index (χ0) is 23.7. The van der Waals surface area contributed by atoms with Crippen molar-refractivity contribution >= 4 is 27.3 Å². The number of sulfone groups is 1. The molecule has 2 aromatic carbocycles. The maximum Gasteiger partial charge on any atom is 0.261 e. The second kappa shape index (κ2) is 9.44. The number of hydrogen-bond acceptors (Lipinski definition) is 4. The molecule has 1 aliphatic rings. The molecular formula is C25H32ClNO4S. The molecule has 7 heteroatoms. The summed E-state index contributed by atoms with van der Waals surface area (Å²) < 4.78 is 29.9. The van der Waals surface area contributed by atoms with E-state index in [4.69, 9.17) is 16.3 Å². The van der Waals surface area contributed by atoms with Gasteiger partial charge in [0.1, 0.15) is 5.75 Å². The lowest BCUT2D eigenvalue weighted by molar-refractivity contribution is -0.136. The lowest BCUT2D eigenvalue weighted by Crippen LogP contribution is -2.43. The van der Waals surface area contributed by atoms with E-state index >= 15 is 0 Å². The molecule has 1 saturated heterocycles.